The van der Waals surface area contributed by atoms with Crippen molar-refractivity contribution in [1.82, 2.24) is 19.6 Å². The van der Waals surface area contributed by atoms with E-state index in [2.05, 4.69) is 20.4 Å². The van der Waals surface area contributed by atoms with Gasteiger partial charge in [0, 0.05) is 14.1 Å². The van der Waals surface area contributed by atoms with Gasteiger partial charge in [-0.1, -0.05) is 0 Å². The van der Waals surface area contributed by atoms with E-state index in [1.165, 1.54) is 0 Å². The fourth-order valence-electron chi connectivity index (χ4n) is 1.91. The van der Waals surface area contributed by atoms with Gasteiger partial charge in [0.2, 0.25) is 0 Å². The van der Waals surface area contributed by atoms with Gasteiger partial charge in [-0.05, 0) is 27.7 Å². The van der Waals surface area contributed by atoms with Crippen LogP contribution in [0.5, 0.6) is 0 Å². The van der Waals surface area contributed by atoms with Crippen molar-refractivity contribution in [3.05, 3.63) is 22.8 Å². The fourth-order valence-corrected chi connectivity index (χ4v) is 1.91. The van der Waals surface area contributed by atoms with E-state index in [0.717, 1.165) is 34.2 Å². The lowest BCUT2D eigenvalue weighted by Crippen LogP contribution is -1.92. The molecule has 2 aromatic rings. The Morgan fingerprint density at radius 2 is 1.06 bits per heavy atom. The molecule has 0 fully saturated rings. The van der Waals surface area contributed by atoms with Crippen molar-refractivity contribution in [2.24, 2.45) is 24.3 Å². The molecule has 0 aliphatic rings. The van der Waals surface area contributed by atoms with Gasteiger partial charge in [0.15, 0.2) is 0 Å². The third-order valence-corrected chi connectivity index (χ3v) is 3.19. The summed E-state index contributed by atoms with van der Waals surface area (Å²) in [6.07, 6.45) is 0. The van der Waals surface area contributed by atoms with Gasteiger partial charge in [-0.2, -0.15) is 10.2 Å². The number of rotatable bonds is 2. The molecule has 0 radical (unpaired) electrons. The molecule has 2 heterocycles. The number of hydrogen-bond acceptors (Lipinski definition) is 4. The molecular formula is C12H18N6. The first-order valence-electron chi connectivity index (χ1n) is 5.84. The largest absolute Gasteiger partial charge is 0.270 e. The SMILES string of the molecule is Cc1nn(C)c(C)c1N=Nc1c(C)nn(C)c1C. The number of aromatic nitrogens is 4. The maximum absolute atomic E-state index is 4.32. The van der Waals surface area contributed by atoms with Crippen LogP contribution in [-0.2, 0) is 14.1 Å². The van der Waals surface area contributed by atoms with Gasteiger partial charge in [-0.15, -0.1) is 10.2 Å². The van der Waals surface area contributed by atoms with E-state index < -0.39 is 0 Å². The summed E-state index contributed by atoms with van der Waals surface area (Å²) in [4.78, 5) is 0. The van der Waals surface area contributed by atoms with Crippen LogP contribution in [0.1, 0.15) is 22.8 Å². The Bertz CT molecular complexity index is 563. The molecule has 96 valence electrons. The predicted molar refractivity (Wildman–Crippen MR) is 69.5 cm³/mol. The van der Waals surface area contributed by atoms with Crippen molar-refractivity contribution >= 4 is 11.4 Å². The zero-order valence-electron chi connectivity index (χ0n) is 11.7. The lowest BCUT2D eigenvalue weighted by molar-refractivity contribution is 0.731. The Morgan fingerprint density at radius 3 is 1.28 bits per heavy atom. The first-order valence-corrected chi connectivity index (χ1v) is 5.84. The van der Waals surface area contributed by atoms with Crippen LogP contribution in [-0.4, -0.2) is 19.6 Å². The Labute approximate surface area is 106 Å². The van der Waals surface area contributed by atoms with E-state index in [1.54, 1.807) is 0 Å². The maximum atomic E-state index is 4.32. The smallest absolute Gasteiger partial charge is 0.129 e. The van der Waals surface area contributed by atoms with Crippen molar-refractivity contribution in [3.63, 3.8) is 0 Å². The summed E-state index contributed by atoms with van der Waals surface area (Å²) in [6.45, 7) is 7.84. The van der Waals surface area contributed by atoms with Gasteiger partial charge in [0.1, 0.15) is 11.4 Å². The van der Waals surface area contributed by atoms with Gasteiger partial charge in [-0.25, -0.2) is 0 Å². The molecule has 0 unspecified atom stereocenters. The van der Waals surface area contributed by atoms with Crippen LogP contribution >= 0.6 is 0 Å². The molecule has 2 rings (SSSR count). The molecule has 0 aliphatic heterocycles. The summed E-state index contributed by atoms with van der Waals surface area (Å²) in [5.41, 5.74) is 5.46. The van der Waals surface area contributed by atoms with Crippen LogP contribution < -0.4 is 0 Å². The lowest BCUT2D eigenvalue weighted by Gasteiger charge is -1.95. The van der Waals surface area contributed by atoms with E-state index in [0.29, 0.717) is 0 Å². The molecule has 0 saturated carbocycles. The molecule has 0 N–H and O–H groups in total. The van der Waals surface area contributed by atoms with E-state index in [-0.39, 0.29) is 0 Å². The zero-order chi connectivity index (χ0) is 13.4. The lowest BCUT2D eigenvalue weighted by atomic mass is 10.3. The van der Waals surface area contributed by atoms with E-state index in [4.69, 9.17) is 0 Å². The molecule has 0 saturated heterocycles. The second-order valence-electron chi connectivity index (χ2n) is 4.49. The van der Waals surface area contributed by atoms with Crippen molar-refractivity contribution in [3.8, 4) is 0 Å². The average molecular weight is 246 g/mol. The molecule has 0 amide bonds. The van der Waals surface area contributed by atoms with Crippen LogP contribution in [0.4, 0.5) is 11.4 Å². The molecule has 18 heavy (non-hydrogen) atoms. The Morgan fingerprint density at radius 1 is 0.722 bits per heavy atom. The minimum absolute atomic E-state index is 0.833. The van der Waals surface area contributed by atoms with Crippen molar-refractivity contribution in [2.75, 3.05) is 0 Å². The monoisotopic (exact) mass is 246 g/mol. The van der Waals surface area contributed by atoms with Gasteiger partial charge in [0.25, 0.3) is 0 Å². The Kier molecular flexibility index (Phi) is 3.02. The minimum atomic E-state index is 0.833. The summed E-state index contributed by atoms with van der Waals surface area (Å²) in [5, 5.41) is 17.3. The van der Waals surface area contributed by atoms with Crippen LogP contribution in [0.3, 0.4) is 0 Å². The third kappa shape index (κ3) is 1.94. The van der Waals surface area contributed by atoms with Gasteiger partial charge >= 0.3 is 0 Å². The normalized spacial score (nSPS) is 11.7. The van der Waals surface area contributed by atoms with Crippen LogP contribution in [0.15, 0.2) is 10.2 Å². The van der Waals surface area contributed by atoms with E-state index in [9.17, 15) is 0 Å². The minimum Gasteiger partial charge on any atom is -0.270 e. The highest BCUT2D eigenvalue weighted by Crippen LogP contribution is 2.28. The highest BCUT2D eigenvalue weighted by Gasteiger charge is 2.11. The molecule has 0 atom stereocenters. The molecule has 0 aliphatic carbocycles. The number of aryl methyl sites for hydroxylation is 4. The molecule has 0 bridgehead atoms. The summed E-state index contributed by atoms with van der Waals surface area (Å²) in [5.74, 6) is 0. The molecular weight excluding hydrogens is 228 g/mol. The fraction of sp³-hybridized carbons (Fsp3) is 0.500. The quantitative estimate of drug-likeness (QED) is 0.765. The van der Waals surface area contributed by atoms with Crippen LogP contribution in [0.25, 0.3) is 0 Å². The van der Waals surface area contributed by atoms with Gasteiger partial charge in [0.05, 0.1) is 22.8 Å². The summed E-state index contributed by atoms with van der Waals surface area (Å²) < 4.78 is 3.62. The second kappa shape index (κ2) is 4.36. The molecule has 0 aromatic carbocycles. The van der Waals surface area contributed by atoms with E-state index >= 15 is 0 Å². The first-order chi connectivity index (χ1) is 8.41. The first kappa shape index (κ1) is 12.5. The average Bonchev–Trinajstić information content (AvgIpc) is 2.67. The molecule has 0 spiro atoms. The number of nitrogens with zero attached hydrogens (tertiary/aromatic N) is 6. The van der Waals surface area contributed by atoms with Crippen molar-refractivity contribution in [1.29, 1.82) is 0 Å². The number of azo groups is 1. The van der Waals surface area contributed by atoms with Crippen LogP contribution in [0.2, 0.25) is 0 Å². The topological polar surface area (TPSA) is 60.4 Å². The Balaban J connectivity index is 2.42. The standard InChI is InChI=1S/C12H18N6/c1-7-11(9(3)17(5)15-7)13-14-12-8(2)16-18(6)10(12)4/h1-6H3. The maximum Gasteiger partial charge on any atom is 0.129 e. The zero-order valence-corrected chi connectivity index (χ0v) is 11.7. The summed E-state index contributed by atoms with van der Waals surface area (Å²) in [6, 6.07) is 0. The predicted octanol–water partition coefficient (Wildman–Crippen LogP) is 2.80. The van der Waals surface area contributed by atoms with Gasteiger partial charge in [-0.3, -0.25) is 9.36 Å². The Hall–Kier alpha value is -1.98. The van der Waals surface area contributed by atoms with Crippen LogP contribution in [0, 0.1) is 27.7 Å². The highest BCUT2D eigenvalue weighted by atomic mass is 15.3. The summed E-state index contributed by atoms with van der Waals surface area (Å²) >= 11 is 0. The van der Waals surface area contributed by atoms with Crippen molar-refractivity contribution in [2.45, 2.75) is 27.7 Å². The third-order valence-electron chi connectivity index (χ3n) is 3.19. The van der Waals surface area contributed by atoms with Crippen molar-refractivity contribution < 1.29 is 0 Å². The second-order valence-corrected chi connectivity index (χ2v) is 4.49. The highest BCUT2D eigenvalue weighted by molar-refractivity contribution is 5.49. The van der Waals surface area contributed by atoms with E-state index in [1.807, 2.05) is 51.2 Å². The summed E-state index contributed by atoms with van der Waals surface area (Å²) in [7, 11) is 3.81. The molecule has 6 nitrogen and oxygen atoms in total. The number of hydrogen-bond donors (Lipinski definition) is 0. The van der Waals surface area contributed by atoms with Gasteiger partial charge < -0.3 is 0 Å². The molecule has 2 aromatic heterocycles. The molecule has 6 heteroatoms.